The lowest BCUT2D eigenvalue weighted by Crippen LogP contribution is -1.93. The number of aliphatic imine (C=N–C) groups is 1. The van der Waals surface area contributed by atoms with E-state index in [-0.39, 0.29) is 0 Å². The summed E-state index contributed by atoms with van der Waals surface area (Å²) in [7, 11) is 0. The standard InChI is InChI=1S/C18H14Cl2N2/c19-16-7-5-13(6-8-16)9-10-21-12-15-11-14-3-1-2-4-17(14)22-18(15)20/h1-8,11-12H,9-10H2. The Bertz CT molecular complexity index is 811. The first kappa shape index (κ1) is 15.0. The van der Waals surface area contributed by atoms with E-state index in [9.17, 15) is 0 Å². The van der Waals surface area contributed by atoms with Crippen LogP contribution in [0.2, 0.25) is 10.2 Å². The quantitative estimate of drug-likeness (QED) is 0.477. The van der Waals surface area contributed by atoms with Crippen molar-refractivity contribution in [2.24, 2.45) is 4.99 Å². The molecular weight excluding hydrogens is 315 g/mol. The first-order valence-corrected chi connectivity index (χ1v) is 7.77. The molecule has 0 spiro atoms. The van der Waals surface area contributed by atoms with Gasteiger partial charge in [0.05, 0.1) is 5.52 Å². The second kappa shape index (κ2) is 6.91. The molecule has 0 radical (unpaired) electrons. The van der Waals surface area contributed by atoms with Gasteiger partial charge in [-0.2, -0.15) is 0 Å². The van der Waals surface area contributed by atoms with E-state index in [1.54, 1.807) is 6.21 Å². The Morgan fingerprint density at radius 2 is 1.77 bits per heavy atom. The lowest BCUT2D eigenvalue weighted by atomic mass is 10.1. The van der Waals surface area contributed by atoms with Crippen molar-refractivity contribution in [1.82, 2.24) is 4.98 Å². The number of halogens is 2. The van der Waals surface area contributed by atoms with E-state index in [1.165, 1.54) is 5.56 Å². The molecule has 0 atom stereocenters. The number of benzene rings is 2. The van der Waals surface area contributed by atoms with Gasteiger partial charge in [0.1, 0.15) is 5.15 Å². The fourth-order valence-corrected chi connectivity index (χ4v) is 2.53. The molecule has 0 aliphatic heterocycles. The zero-order valence-electron chi connectivity index (χ0n) is 11.8. The van der Waals surface area contributed by atoms with Crippen LogP contribution >= 0.6 is 23.2 Å². The summed E-state index contributed by atoms with van der Waals surface area (Å²) in [4.78, 5) is 8.83. The van der Waals surface area contributed by atoms with E-state index in [0.29, 0.717) is 11.7 Å². The van der Waals surface area contributed by atoms with Gasteiger partial charge in [-0.15, -0.1) is 0 Å². The maximum atomic E-state index is 6.20. The van der Waals surface area contributed by atoms with Crippen LogP contribution in [0.25, 0.3) is 10.9 Å². The van der Waals surface area contributed by atoms with Gasteiger partial charge in [-0.3, -0.25) is 4.99 Å². The summed E-state index contributed by atoms with van der Waals surface area (Å²) < 4.78 is 0. The van der Waals surface area contributed by atoms with Crippen molar-refractivity contribution in [2.45, 2.75) is 6.42 Å². The van der Waals surface area contributed by atoms with Gasteiger partial charge >= 0.3 is 0 Å². The van der Waals surface area contributed by atoms with E-state index in [0.717, 1.165) is 27.9 Å². The highest BCUT2D eigenvalue weighted by molar-refractivity contribution is 6.32. The van der Waals surface area contributed by atoms with Crippen LogP contribution < -0.4 is 0 Å². The number of aromatic nitrogens is 1. The van der Waals surface area contributed by atoms with Crippen LogP contribution in [0.15, 0.2) is 59.6 Å². The molecule has 0 bridgehead atoms. The highest BCUT2D eigenvalue weighted by Crippen LogP contribution is 2.19. The molecule has 0 saturated heterocycles. The van der Waals surface area contributed by atoms with Gasteiger partial charge in [-0.05, 0) is 36.2 Å². The average Bonchev–Trinajstić information content (AvgIpc) is 2.53. The minimum absolute atomic E-state index is 0.481. The van der Waals surface area contributed by atoms with Gasteiger partial charge in [0.25, 0.3) is 0 Å². The number of hydrogen-bond acceptors (Lipinski definition) is 2. The highest BCUT2D eigenvalue weighted by atomic mass is 35.5. The molecule has 3 rings (SSSR count). The maximum Gasteiger partial charge on any atom is 0.138 e. The monoisotopic (exact) mass is 328 g/mol. The lowest BCUT2D eigenvalue weighted by molar-refractivity contribution is 0.973. The molecular formula is C18H14Cl2N2. The largest absolute Gasteiger partial charge is 0.292 e. The fourth-order valence-electron chi connectivity index (χ4n) is 2.21. The van der Waals surface area contributed by atoms with Crippen LogP contribution in [0.3, 0.4) is 0 Å². The lowest BCUT2D eigenvalue weighted by Gasteiger charge is -2.02. The van der Waals surface area contributed by atoms with Crippen molar-refractivity contribution < 1.29 is 0 Å². The minimum atomic E-state index is 0.481. The van der Waals surface area contributed by atoms with Gasteiger partial charge in [0.15, 0.2) is 0 Å². The third kappa shape index (κ3) is 3.65. The van der Waals surface area contributed by atoms with Crippen molar-refractivity contribution in [2.75, 3.05) is 6.54 Å². The Morgan fingerprint density at radius 3 is 2.59 bits per heavy atom. The predicted molar refractivity (Wildman–Crippen MR) is 94.4 cm³/mol. The van der Waals surface area contributed by atoms with Gasteiger partial charge in [-0.1, -0.05) is 53.5 Å². The normalized spacial score (nSPS) is 11.4. The molecule has 0 saturated carbocycles. The van der Waals surface area contributed by atoms with Crippen LogP contribution in [0.5, 0.6) is 0 Å². The predicted octanol–water partition coefficient (Wildman–Crippen LogP) is 5.20. The number of rotatable bonds is 4. The number of nitrogens with zero attached hydrogens (tertiary/aromatic N) is 2. The van der Waals surface area contributed by atoms with Gasteiger partial charge in [0, 0.05) is 28.7 Å². The molecule has 4 heteroatoms. The van der Waals surface area contributed by atoms with Crippen molar-refractivity contribution in [3.05, 3.63) is 75.9 Å². The Labute approximate surface area is 139 Å². The average molecular weight is 329 g/mol. The molecule has 3 aromatic rings. The molecule has 22 heavy (non-hydrogen) atoms. The Kier molecular flexibility index (Phi) is 4.71. The summed E-state index contributed by atoms with van der Waals surface area (Å²) in [6.07, 6.45) is 2.66. The van der Waals surface area contributed by atoms with Gasteiger partial charge in [-0.25, -0.2) is 4.98 Å². The third-order valence-electron chi connectivity index (χ3n) is 3.38. The molecule has 2 nitrogen and oxygen atoms in total. The highest BCUT2D eigenvalue weighted by Gasteiger charge is 2.02. The summed E-state index contributed by atoms with van der Waals surface area (Å²) in [5, 5.41) is 2.29. The molecule has 0 fully saturated rings. The van der Waals surface area contributed by atoms with Crippen LogP contribution in [-0.2, 0) is 6.42 Å². The molecule has 0 aliphatic carbocycles. The zero-order chi connectivity index (χ0) is 15.4. The molecule has 0 N–H and O–H groups in total. The molecule has 0 amide bonds. The first-order chi connectivity index (χ1) is 10.7. The summed E-state index contributed by atoms with van der Waals surface area (Å²) >= 11 is 12.1. The number of pyridine rings is 1. The third-order valence-corrected chi connectivity index (χ3v) is 3.93. The van der Waals surface area contributed by atoms with E-state index in [2.05, 4.69) is 9.98 Å². The summed E-state index contributed by atoms with van der Waals surface area (Å²) in [5.74, 6) is 0. The van der Waals surface area contributed by atoms with Crippen LogP contribution in [0.1, 0.15) is 11.1 Å². The topological polar surface area (TPSA) is 25.2 Å². The molecule has 1 heterocycles. The Balaban J connectivity index is 1.69. The van der Waals surface area contributed by atoms with Crippen molar-refractivity contribution in [1.29, 1.82) is 0 Å². The van der Waals surface area contributed by atoms with E-state index in [4.69, 9.17) is 23.2 Å². The molecule has 2 aromatic carbocycles. The first-order valence-electron chi connectivity index (χ1n) is 7.02. The number of para-hydroxylation sites is 1. The van der Waals surface area contributed by atoms with Crippen LogP contribution in [0.4, 0.5) is 0 Å². The zero-order valence-corrected chi connectivity index (χ0v) is 13.3. The molecule has 1 aromatic heterocycles. The molecule has 0 aliphatic rings. The Morgan fingerprint density at radius 1 is 1.00 bits per heavy atom. The number of fused-ring (bicyclic) bond motifs is 1. The van der Waals surface area contributed by atoms with E-state index in [1.807, 2.05) is 54.6 Å². The summed E-state index contributed by atoms with van der Waals surface area (Å²) in [6.45, 7) is 0.699. The number of hydrogen-bond donors (Lipinski definition) is 0. The van der Waals surface area contributed by atoms with E-state index >= 15 is 0 Å². The second-order valence-corrected chi connectivity index (χ2v) is 5.77. The minimum Gasteiger partial charge on any atom is -0.292 e. The summed E-state index contributed by atoms with van der Waals surface area (Å²) in [6, 6.07) is 17.7. The fraction of sp³-hybridized carbons (Fsp3) is 0.111. The van der Waals surface area contributed by atoms with Gasteiger partial charge in [0.2, 0.25) is 0 Å². The van der Waals surface area contributed by atoms with Crippen LogP contribution in [-0.4, -0.2) is 17.7 Å². The van der Waals surface area contributed by atoms with Gasteiger partial charge < -0.3 is 0 Å². The van der Waals surface area contributed by atoms with Crippen molar-refractivity contribution in [3.8, 4) is 0 Å². The smallest absolute Gasteiger partial charge is 0.138 e. The van der Waals surface area contributed by atoms with Crippen molar-refractivity contribution in [3.63, 3.8) is 0 Å². The SMILES string of the molecule is Clc1ccc(CCN=Cc2cc3ccccc3nc2Cl)cc1. The molecule has 110 valence electrons. The van der Waals surface area contributed by atoms with Crippen LogP contribution in [0, 0.1) is 0 Å². The Hall–Kier alpha value is -1.90. The maximum absolute atomic E-state index is 6.20. The molecule has 0 unspecified atom stereocenters. The second-order valence-electron chi connectivity index (χ2n) is 4.97. The van der Waals surface area contributed by atoms with Crippen molar-refractivity contribution >= 4 is 40.3 Å². The van der Waals surface area contributed by atoms with E-state index < -0.39 is 0 Å². The summed E-state index contributed by atoms with van der Waals surface area (Å²) in [5.41, 5.74) is 2.95.